The molecule has 0 atom stereocenters. The zero-order chi connectivity index (χ0) is 12.3. The van der Waals surface area contributed by atoms with Crippen molar-refractivity contribution >= 4 is 23.2 Å². The van der Waals surface area contributed by atoms with Crippen molar-refractivity contribution in [3.8, 4) is 6.07 Å². The first-order valence-electron chi connectivity index (χ1n) is 4.89. The normalized spacial score (nSPS) is 9.69. The Kier molecular flexibility index (Phi) is 3.92. The molecule has 0 fully saturated rings. The molecule has 0 unspecified atom stereocenters. The Balaban J connectivity index is 3.35. The summed E-state index contributed by atoms with van der Waals surface area (Å²) in [5, 5.41) is 9.32. The molecular formula is C12H13ClN2O. The molecule has 0 spiro atoms. The molecule has 1 aromatic carbocycles. The summed E-state index contributed by atoms with van der Waals surface area (Å²) in [6.45, 7) is 5.22. The van der Waals surface area contributed by atoms with Gasteiger partial charge in [-0.15, -0.1) is 0 Å². The fraction of sp³-hybridized carbons (Fsp3) is 0.333. The molecule has 0 N–H and O–H groups in total. The number of nitrogens with zero attached hydrogens (tertiary/aromatic N) is 2. The van der Waals surface area contributed by atoms with Crippen LogP contribution in [0.4, 0.5) is 5.69 Å². The monoisotopic (exact) mass is 236 g/mol. The third kappa shape index (κ3) is 2.34. The van der Waals surface area contributed by atoms with Crippen molar-refractivity contribution in [2.75, 3.05) is 11.4 Å². The lowest BCUT2D eigenvalue weighted by molar-refractivity contribution is -0.116. The second-order valence-corrected chi connectivity index (χ2v) is 4.01. The van der Waals surface area contributed by atoms with Gasteiger partial charge in [0.25, 0.3) is 0 Å². The van der Waals surface area contributed by atoms with Gasteiger partial charge in [-0.1, -0.05) is 17.7 Å². The zero-order valence-electron chi connectivity index (χ0n) is 9.54. The number of halogens is 1. The fourth-order valence-electron chi connectivity index (χ4n) is 1.64. The molecule has 0 bridgehead atoms. The number of amides is 1. The van der Waals surface area contributed by atoms with Gasteiger partial charge >= 0.3 is 0 Å². The van der Waals surface area contributed by atoms with Gasteiger partial charge in [-0.25, -0.2) is 0 Å². The Morgan fingerprint density at radius 1 is 1.50 bits per heavy atom. The molecule has 0 aromatic heterocycles. The Bertz CT molecular complexity index is 463. The number of carbonyl (C=O) groups is 1. The topological polar surface area (TPSA) is 44.1 Å². The van der Waals surface area contributed by atoms with Crippen LogP contribution in [0, 0.1) is 25.2 Å². The largest absolute Gasteiger partial charge is 0.298 e. The molecule has 1 rings (SSSR count). The van der Waals surface area contributed by atoms with Gasteiger partial charge in [-0.2, -0.15) is 5.26 Å². The maximum absolute atomic E-state index is 11.5. The van der Waals surface area contributed by atoms with Crippen LogP contribution in [0.3, 0.4) is 0 Å². The highest BCUT2D eigenvalue weighted by Crippen LogP contribution is 2.30. The van der Waals surface area contributed by atoms with Crippen molar-refractivity contribution in [3.05, 3.63) is 28.3 Å². The van der Waals surface area contributed by atoms with Gasteiger partial charge < -0.3 is 0 Å². The van der Waals surface area contributed by atoms with E-state index in [1.165, 1.54) is 11.8 Å². The van der Waals surface area contributed by atoms with Crippen LogP contribution in [0.5, 0.6) is 0 Å². The zero-order valence-corrected chi connectivity index (χ0v) is 10.3. The molecule has 0 aliphatic heterocycles. The van der Waals surface area contributed by atoms with Gasteiger partial charge in [-0.05, 0) is 31.0 Å². The minimum absolute atomic E-state index is 0.0390. The highest BCUT2D eigenvalue weighted by molar-refractivity contribution is 6.31. The van der Waals surface area contributed by atoms with Gasteiger partial charge in [0.2, 0.25) is 5.91 Å². The molecule has 0 heterocycles. The summed E-state index contributed by atoms with van der Waals surface area (Å²) in [7, 11) is 0. The Labute approximate surface area is 100 Å². The van der Waals surface area contributed by atoms with E-state index >= 15 is 0 Å². The minimum atomic E-state index is -0.157. The summed E-state index contributed by atoms with van der Waals surface area (Å²) < 4.78 is 0. The molecule has 4 heteroatoms. The lowest BCUT2D eigenvalue weighted by Gasteiger charge is -2.22. The summed E-state index contributed by atoms with van der Waals surface area (Å²) in [6, 6.07) is 5.62. The van der Waals surface area contributed by atoms with Gasteiger partial charge in [0.15, 0.2) is 0 Å². The summed E-state index contributed by atoms with van der Waals surface area (Å²) in [4.78, 5) is 12.9. The van der Waals surface area contributed by atoms with E-state index in [0.29, 0.717) is 5.02 Å². The van der Waals surface area contributed by atoms with Crippen LogP contribution in [0.15, 0.2) is 12.1 Å². The van der Waals surface area contributed by atoms with E-state index in [2.05, 4.69) is 0 Å². The first kappa shape index (κ1) is 12.5. The number of hydrogen-bond acceptors (Lipinski definition) is 2. The molecule has 1 amide bonds. The van der Waals surface area contributed by atoms with E-state index in [0.717, 1.165) is 16.8 Å². The quantitative estimate of drug-likeness (QED) is 0.742. The number of carbonyl (C=O) groups excluding carboxylic acids is 1. The summed E-state index contributed by atoms with van der Waals surface area (Å²) >= 11 is 6.01. The Morgan fingerprint density at radius 3 is 2.62 bits per heavy atom. The number of anilines is 1. The lowest BCUT2D eigenvalue weighted by atomic mass is 10.1. The highest BCUT2D eigenvalue weighted by Gasteiger charge is 2.17. The molecule has 0 aliphatic carbocycles. The van der Waals surface area contributed by atoms with Crippen molar-refractivity contribution in [1.29, 1.82) is 5.26 Å². The van der Waals surface area contributed by atoms with Crippen molar-refractivity contribution < 1.29 is 4.79 Å². The first-order valence-corrected chi connectivity index (χ1v) is 5.27. The molecule has 16 heavy (non-hydrogen) atoms. The van der Waals surface area contributed by atoms with Crippen LogP contribution in [0.2, 0.25) is 5.02 Å². The molecule has 0 saturated heterocycles. The van der Waals surface area contributed by atoms with Crippen LogP contribution in [-0.4, -0.2) is 12.5 Å². The molecule has 0 saturated carbocycles. The van der Waals surface area contributed by atoms with Gasteiger partial charge in [0.05, 0.1) is 11.8 Å². The van der Waals surface area contributed by atoms with Crippen molar-refractivity contribution in [2.24, 2.45) is 0 Å². The molecule has 3 nitrogen and oxygen atoms in total. The second-order valence-electron chi connectivity index (χ2n) is 3.60. The van der Waals surface area contributed by atoms with Crippen LogP contribution in [0.25, 0.3) is 0 Å². The van der Waals surface area contributed by atoms with Gasteiger partial charge in [0.1, 0.15) is 6.54 Å². The number of nitriles is 1. The van der Waals surface area contributed by atoms with Crippen LogP contribution < -0.4 is 4.90 Å². The van der Waals surface area contributed by atoms with Crippen molar-refractivity contribution in [3.63, 3.8) is 0 Å². The van der Waals surface area contributed by atoms with E-state index in [9.17, 15) is 4.79 Å². The van der Waals surface area contributed by atoms with E-state index in [1.54, 1.807) is 6.07 Å². The molecule has 0 aliphatic rings. The molecule has 84 valence electrons. The predicted molar refractivity (Wildman–Crippen MR) is 64.6 cm³/mol. The number of hydrogen-bond donors (Lipinski definition) is 0. The molecule has 1 aromatic rings. The standard InChI is InChI=1S/C12H13ClN2O/c1-8-4-5-11(13)9(2)12(8)15(7-6-14)10(3)16/h4-5H,7H2,1-3H3. The van der Waals surface area contributed by atoms with Crippen molar-refractivity contribution in [2.45, 2.75) is 20.8 Å². The number of rotatable bonds is 2. The second kappa shape index (κ2) is 5.00. The van der Waals surface area contributed by atoms with E-state index in [-0.39, 0.29) is 12.5 Å². The smallest absolute Gasteiger partial charge is 0.224 e. The van der Waals surface area contributed by atoms with Crippen LogP contribution in [0.1, 0.15) is 18.1 Å². The average molecular weight is 237 g/mol. The fourth-order valence-corrected chi connectivity index (χ4v) is 1.80. The maximum atomic E-state index is 11.5. The summed E-state index contributed by atoms with van der Waals surface area (Å²) in [5.41, 5.74) is 2.50. The number of aryl methyl sites for hydroxylation is 1. The van der Waals surface area contributed by atoms with Crippen LogP contribution in [-0.2, 0) is 4.79 Å². The third-order valence-electron chi connectivity index (χ3n) is 2.45. The van der Waals surface area contributed by atoms with Crippen molar-refractivity contribution in [1.82, 2.24) is 0 Å². The predicted octanol–water partition coefficient (Wildman–Crippen LogP) is 2.83. The highest BCUT2D eigenvalue weighted by atomic mass is 35.5. The summed E-state index contributed by atoms with van der Waals surface area (Å²) in [5.74, 6) is -0.157. The first-order chi connectivity index (χ1) is 7.49. The third-order valence-corrected chi connectivity index (χ3v) is 2.85. The van der Waals surface area contributed by atoms with E-state index in [1.807, 2.05) is 26.0 Å². The van der Waals surface area contributed by atoms with Crippen LogP contribution >= 0.6 is 11.6 Å². The Morgan fingerprint density at radius 2 is 2.12 bits per heavy atom. The molecular weight excluding hydrogens is 224 g/mol. The van der Waals surface area contributed by atoms with Gasteiger partial charge in [-0.3, -0.25) is 9.69 Å². The molecule has 0 radical (unpaired) electrons. The minimum Gasteiger partial charge on any atom is -0.298 e. The van der Waals surface area contributed by atoms with E-state index in [4.69, 9.17) is 16.9 Å². The van der Waals surface area contributed by atoms with Gasteiger partial charge in [0, 0.05) is 11.9 Å². The van der Waals surface area contributed by atoms with E-state index < -0.39 is 0 Å². The SMILES string of the molecule is CC(=O)N(CC#N)c1c(C)ccc(Cl)c1C. The average Bonchev–Trinajstić information content (AvgIpc) is 2.22. The Hall–Kier alpha value is -1.53. The number of benzene rings is 1. The summed E-state index contributed by atoms with van der Waals surface area (Å²) in [6.07, 6.45) is 0. The lowest BCUT2D eigenvalue weighted by Crippen LogP contribution is -2.30. The maximum Gasteiger partial charge on any atom is 0.224 e.